The average Bonchev–Trinajstić information content (AvgIpc) is 2.34. The number of pyridine rings is 1. The third-order valence-corrected chi connectivity index (χ3v) is 2.66. The molecule has 1 aromatic heterocycles. The van der Waals surface area contributed by atoms with E-state index in [0.717, 1.165) is 25.0 Å². The quantitative estimate of drug-likeness (QED) is 0.774. The van der Waals surface area contributed by atoms with Crippen LogP contribution in [0.1, 0.15) is 18.9 Å². The Morgan fingerprint density at radius 2 is 2.06 bits per heavy atom. The van der Waals surface area contributed by atoms with Crippen molar-refractivity contribution in [3.8, 4) is 0 Å². The molecule has 2 nitrogen and oxygen atoms in total. The average molecular weight is 214 g/mol. The first-order chi connectivity index (χ1) is 7.90. The topological polar surface area (TPSA) is 24.9 Å². The zero-order valence-electron chi connectivity index (χ0n) is 9.74. The summed E-state index contributed by atoms with van der Waals surface area (Å²) in [5.74, 6) is 0. The van der Waals surface area contributed by atoms with Gasteiger partial charge in [-0.3, -0.25) is 4.98 Å². The number of hydrogen-bond donors (Lipinski definition) is 1. The van der Waals surface area contributed by atoms with Gasteiger partial charge < -0.3 is 5.32 Å². The molecular weight excluding hydrogens is 196 g/mol. The van der Waals surface area contributed by atoms with Gasteiger partial charge in [0.1, 0.15) is 0 Å². The van der Waals surface area contributed by atoms with E-state index in [1.807, 2.05) is 12.3 Å². The Morgan fingerprint density at radius 1 is 1.19 bits per heavy atom. The van der Waals surface area contributed by atoms with Crippen molar-refractivity contribution in [1.29, 1.82) is 0 Å². The third kappa shape index (κ3) is 2.80. The number of rotatable bonds is 5. The van der Waals surface area contributed by atoms with Crippen molar-refractivity contribution < 1.29 is 0 Å². The van der Waals surface area contributed by atoms with E-state index in [4.69, 9.17) is 0 Å². The number of nitrogens with one attached hydrogen (secondary N) is 1. The summed E-state index contributed by atoms with van der Waals surface area (Å²) in [6.07, 6.45) is 4.23. The summed E-state index contributed by atoms with van der Waals surface area (Å²) in [6.45, 7) is 4.32. The largest absolute Gasteiger partial charge is 0.316 e. The third-order valence-electron chi connectivity index (χ3n) is 2.66. The molecule has 0 bridgehead atoms. The molecule has 2 aromatic rings. The number of aromatic nitrogens is 1. The summed E-state index contributed by atoms with van der Waals surface area (Å²) in [7, 11) is 0. The maximum Gasteiger partial charge on any atom is 0.0702 e. The molecule has 2 rings (SSSR count). The molecule has 0 saturated heterocycles. The molecule has 0 aliphatic heterocycles. The Labute approximate surface area is 96.7 Å². The first kappa shape index (κ1) is 11.1. The fraction of sp³-hybridized carbons (Fsp3) is 0.357. The number of hydrogen-bond acceptors (Lipinski definition) is 2. The second-order valence-electron chi connectivity index (χ2n) is 4.04. The molecule has 0 fully saturated rings. The van der Waals surface area contributed by atoms with Crippen molar-refractivity contribution in [3.63, 3.8) is 0 Å². The second kappa shape index (κ2) is 5.61. The lowest BCUT2D eigenvalue weighted by atomic mass is 10.1. The second-order valence-corrected chi connectivity index (χ2v) is 4.04. The van der Waals surface area contributed by atoms with E-state index in [1.165, 1.54) is 17.4 Å². The minimum atomic E-state index is 1.04. The molecule has 2 heteroatoms. The molecule has 1 heterocycles. The van der Waals surface area contributed by atoms with Gasteiger partial charge in [-0.05, 0) is 43.6 Å². The Morgan fingerprint density at radius 3 is 2.94 bits per heavy atom. The van der Waals surface area contributed by atoms with Crippen molar-refractivity contribution in [2.75, 3.05) is 13.1 Å². The number of para-hydroxylation sites is 1. The Hall–Kier alpha value is -1.41. The molecule has 84 valence electrons. The van der Waals surface area contributed by atoms with Crippen LogP contribution in [0.25, 0.3) is 10.9 Å². The van der Waals surface area contributed by atoms with E-state index in [9.17, 15) is 0 Å². The molecule has 1 N–H and O–H groups in total. The SMILES string of the molecule is CCCNCCc1cnc2ccccc2c1. The van der Waals surface area contributed by atoms with Crippen molar-refractivity contribution in [3.05, 3.63) is 42.1 Å². The highest BCUT2D eigenvalue weighted by Gasteiger charge is 1.96. The summed E-state index contributed by atoms with van der Waals surface area (Å²) in [4.78, 5) is 4.45. The summed E-state index contributed by atoms with van der Waals surface area (Å²) in [5.41, 5.74) is 2.38. The zero-order chi connectivity index (χ0) is 11.2. The lowest BCUT2D eigenvalue weighted by Gasteiger charge is -2.04. The van der Waals surface area contributed by atoms with Gasteiger partial charge in [0.25, 0.3) is 0 Å². The van der Waals surface area contributed by atoms with Crippen molar-refractivity contribution >= 4 is 10.9 Å². The summed E-state index contributed by atoms with van der Waals surface area (Å²) in [6, 6.07) is 10.5. The molecule has 0 atom stereocenters. The molecule has 16 heavy (non-hydrogen) atoms. The van der Waals surface area contributed by atoms with E-state index < -0.39 is 0 Å². The van der Waals surface area contributed by atoms with Crippen LogP contribution in [-0.2, 0) is 6.42 Å². The molecular formula is C14H18N2. The molecule has 0 amide bonds. The molecule has 0 aliphatic rings. The minimum absolute atomic E-state index is 1.04. The van der Waals surface area contributed by atoms with Gasteiger partial charge >= 0.3 is 0 Å². The van der Waals surface area contributed by atoms with Gasteiger partial charge in [-0.1, -0.05) is 25.1 Å². The predicted molar refractivity (Wildman–Crippen MR) is 68.6 cm³/mol. The standard InChI is InChI=1S/C14H18N2/c1-2-8-15-9-7-12-10-13-5-3-4-6-14(13)16-11-12/h3-6,10-11,15H,2,7-9H2,1H3. The first-order valence-corrected chi connectivity index (χ1v) is 5.94. The lowest BCUT2D eigenvalue weighted by molar-refractivity contribution is 0.671. The highest BCUT2D eigenvalue weighted by molar-refractivity contribution is 5.78. The van der Waals surface area contributed by atoms with Gasteiger partial charge in [-0.15, -0.1) is 0 Å². The van der Waals surface area contributed by atoms with Gasteiger partial charge in [-0.2, -0.15) is 0 Å². The normalized spacial score (nSPS) is 10.8. The number of nitrogens with zero attached hydrogens (tertiary/aromatic N) is 1. The molecule has 0 spiro atoms. The van der Waals surface area contributed by atoms with Crippen LogP contribution in [0, 0.1) is 0 Å². The fourth-order valence-electron chi connectivity index (χ4n) is 1.79. The van der Waals surface area contributed by atoms with Gasteiger partial charge in [0.05, 0.1) is 5.52 Å². The molecule has 1 aromatic carbocycles. The molecule has 0 aliphatic carbocycles. The van der Waals surface area contributed by atoms with E-state index in [2.05, 4.69) is 41.5 Å². The van der Waals surface area contributed by atoms with Crippen LogP contribution in [0.15, 0.2) is 36.5 Å². The number of fused-ring (bicyclic) bond motifs is 1. The maximum absolute atomic E-state index is 4.45. The molecule has 0 radical (unpaired) electrons. The maximum atomic E-state index is 4.45. The minimum Gasteiger partial charge on any atom is -0.316 e. The van der Waals surface area contributed by atoms with E-state index in [0.29, 0.717) is 0 Å². The van der Waals surface area contributed by atoms with Crippen LogP contribution in [0.2, 0.25) is 0 Å². The Balaban J connectivity index is 2.02. The van der Waals surface area contributed by atoms with Crippen molar-refractivity contribution in [1.82, 2.24) is 10.3 Å². The first-order valence-electron chi connectivity index (χ1n) is 5.94. The van der Waals surface area contributed by atoms with Crippen LogP contribution < -0.4 is 5.32 Å². The van der Waals surface area contributed by atoms with Crippen molar-refractivity contribution in [2.24, 2.45) is 0 Å². The highest BCUT2D eigenvalue weighted by atomic mass is 14.8. The van der Waals surface area contributed by atoms with E-state index in [1.54, 1.807) is 0 Å². The zero-order valence-corrected chi connectivity index (χ0v) is 9.74. The van der Waals surface area contributed by atoms with Gasteiger partial charge in [0, 0.05) is 11.6 Å². The van der Waals surface area contributed by atoms with E-state index >= 15 is 0 Å². The molecule has 0 saturated carbocycles. The van der Waals surface area contributed by atoms with Gasteiger partial charge in [-0.25, -0.2) is 0 Å². The van der Waals surface area contributed by atoms with Crippen LogP contribution in [0.5, 0.6) is 0 Å². The lowest BCUT2D eigenvalue weighted by Crippen LogP contribution is -2.17. The molecule has 0 unspecified atom stereocenters. The highest BCUT2D eigenvalue weighted by Crippen LogP contribution is 2.12. The van der Waals surface area contributed by atoms with Crippen molar-refractivity contribution in [2.45, 2.75) is 19.8 Å². The van der Waals surface area contributed by atoms with Crippen LogP contribution in [-0.4, -0.2) is 18.1 Å². The van der Waals surface area contributed by atoms with Crippen LogP contribution >= 0.6 is 0 Å². The summed E-state index contributed by atoms with van der Waals surface area (Å²) >= 11 is 0. The fourth-order valence-corrected chi connectivity index (χ4v) is 1.79. The van der Waals surface area contributed by atoms with Gasteiger partial charge in [0.2, 0.25) is 0 Å². The number of benzene rings is 1. The van der Waals surface area contributed by atoms with E-state index in [-0.39, 0.29) is 0 Å². The van der Waals surface area contributed by atoms with Gasteiger partial charge in [0.15, 0.2) is 0 Å². The summed E-state index contributed by atoms with van der Waals surface area (Å²) < 4.78 is 0. The van der Waals surface area contributed by atoms with Crippen LogP contribution in [0.4, 0.5) is 0 Å². The Kier molecular flexibility index (Phi) is 3.89. The summed E-state index contributed by atoms with van der Waals surface area (Å²) in [5, 5.41) is 4.64. The monoisotopic (exact) mass is 214 g/mol. The smallest absolute Gasteiger partial charge is 0.0702 e. The Bertz CT molecular complexity index is 451. The van der Waals surface area contributed by atoms with Crippen LogP contribution in [0.3, 0.4) is 0 Å². The predicted octanol–water partition coefficient (Wildman–Crippen LogP) is 2.78.